The highest BCUT2D eigenvalue weighted by atomic mass is 32.2. The molecule has 1 fully saturated rings. The third kappa shape index (κ3) is 2.63. The summed E-state index contributed by atoms with van der Waals surface area (Å²) in [7, 11) is 4.37. The van der Waals surface area contributed by atoms with Crippen LogP contribution in [0.15, 0.2) is 4.99 Å². The molecule has 2 aliphatic heterocycles. The molecule has 0 aromatic heterocycles. The van der Waals surface area contributed by atoms with E-state index in [1.54, 1.807) is 0 Å². The summed E-state index contributed by atoms with van der Waals surface area (Å²) < 4.78 is 0. The van der Waals surface area contributed by atoms with E-state index in [4.69, 9.17) is 0 Å². The van der Waals surface area contributed by atoms with Gasteiger partial charge in [-0.3, -0.25) is 4.99 Å². The normalized spacial score (nSPS) is 30.1. The molecule has 16 heavy (non-hydrogen) atoms. The molecule has 1 unspecified atom stereocenters. The quantitative estimate of drug-likeness (QED) is 0.750. The van der Waals surface area contributed by atoms with Crippen LogP contribution in [0.2, 0.25) is 0 Å². The standard InChI is InChI=1S/C11H22N4S/c1-15(2)11(4-7-16-9-11)8-14-10-12-5-3-6-13-10/h3-9H2,1-2H3,(H2,12,13,14). The Hall–Kier alpha value is -0.420. The molecule has 0 aliphatic carbocycles. The fourth-order valence-electron chi connectivity index (χ4n) is 2.15. The number of hydrogen-bond donors (Lipinski definition) is 2. The van der Waals surface area contributed by atoms with Crippen molar-refractivity contribution in [2.75, 3.05) is 45.2 Å². The van der Waals surface area contributed by atoms with Crippen LogP contribution >= 0.6 is 11.8 Å². The zero-order valence-electron chi connectivity index (χ0n) is 10.3. The van der Waals surface area contributed by atoms with Crippen LogP contribution in [0.5, 0.6) is 0 Å². The lowest BCUT2D eigenvalue weighted by atomic mass is 9.97. The third-order valence-electron chi connectivity index (χ3n) is 3.51. The van der Waals surface area contributed by atoms with Gasteiger partial charge in [0.25, 0.3) is 0 Å². The van der Waals surface area contributed by atoms with Crippen LogP contribution in [0.1, 0.15) is 12.8 Å². The van der Waals surface area contributed by atoms with Crippen LogP contribution in [0.3, 0.4) is 0 Å². The van der Waals surface area contributed by atoms with E-state index in [1.807, 2.05) is 0 Å². The molecule has 2 heterocycles. The van der Waals surface area contributed by atoms with Gasteiger partial charge in [0.15, 0.2) is 5.96 Å². The number of likely N-dealkylation sites (N-methyl/N-ethyl adjacent to an activating group) is 1. The Labute approximate surface area is 102 Å². The Morgan fingerprint density at radius 2 is 2.44 bits per heavy atom. The highest BCUT2D eigenvalue weighted by Crippen LogP contribution is 2.31. The molecule has 0 spiro atoms. The lowest BCUT2D eigenvalue weighted by molar-refractivity contribution is 0.183. The van der Waals surface area contributed by atoms with Gasteiger partial charge in [-0.05, 0) is 32.7 Å². The van der Waals surface area contributed by atoms with Crippen LogP contribution in [0.4, 0.5) is 0 Å². The highest BCUT2D eigenvalue weighted by Gasteiger charge is 2.36. The number of nitrogens with zero attached hydrogens (tertiary/aromatic N) is 2. The summed E-state index contributed by atoms with van der Waals surface area (Å²) in [4.78, 5) is 6.81. The molecular weight excluding hydrogens is 220 g/mol. The monoisotopic (exact) mass is 242 g/mol. The predicted molar refractivity (Wildman–Crippen MR) is 71.3 cm³/mol. The molecule has 0 saturated carbocycles. The first-order valence-electron chi connectivity index (χ1n) is 6.00. The van der Waals surface area contributed by atoms with Crippen molar-refractivity contribution >= 4 is 17.7 Å². The average Bonchev–Trinajstić information content (AvgIpc) is 2.78. The number of hydrogen-bond acceptors (Lipinski definition) is 5. The van der Waals surface area contributed by atoms with Crippen molar-refractivity contribution in [1.29, 1.82) is 0 Å². The third-order valence-corrected chi connectivity index (χ3v) is 4.75. The van der Waals surface area contributed by atoms with Gasteiger partial charge in [-0.2, -0.15) is 11.8 Å². The first-order chi connectivity index (χ1) is 7.73. The zero-order valence-corrected chi connectivity index (χ0v) is 11.1. The van der Waals surface area contributed by atoms with E-state index in [9.17, 15) is 0 Å². The van der Waals surface area contributed by atoms with Crippen LogP contribution in [0, 0.1) is 0 Å². The molecule has 1 saturated heterocycles. The van der Waals surface area contributed by atoms with E-state index in [0.29, 0.717) is 5.54 Å². The van der Waals surface area contributed by atoms with E-state index in [-0.39, 0.29) is 0 Å². The largest absolute Gasteiger partial charge is 0.356 e. The lowest BCUT2D eigenvalue weighted by Crippen LogP contribution is -2.55. The molecule has 0 aromatic carbocycles. The van der Waals surface area contributed by atoms with Crippen molar-refractivity contribution in [3.63, 3.8) is 0 Å². The fraction of sp³-hybridized carbons (Fsp3) is 0.909. The van der Waals surface area contributed by atoms with Crippen LogP contribution in [0.25, 0.3) is 0 Å². The molecule has 0 radical (unpaired) electrons. The van der Waals surface area contributed by atoms with E-state index >= 15 is 0 Å². The molecule has 2 aliphatic rings. The van der Waals surface area contributed by atoms with Gasteiger partial charge in [-0.1, -0.05) is 0 Å². The summed E-state index contributed by atoms with van der Waals surface area (Å²) in [5.74, 6) is 3.49. The van der Waals surface area contributed by atoms with Gasteiger partial charge in [0, 0.05) is 30.9 Å². The second kappa shape index (κ2) is 5.27. The highest BCUT2D eigenvalue weighted by molar-refractivity contribution is 7.99. The molecule has 0 aromatic rings. The Kier molecular flexibility index (Phi) is 3.97. The number of guanidine groups is 1. The summed E-state index contributed by atoms with van der Waals surface area (Å²) in [6, 6.07) is 0. The molecule has 2 rings (SSSR count). The summed E-state index contributed by atoms with van der Waals surface area (Å²) >= 11 is 2.05. The minimum absolute atomic E-state index is 0.312. The zero-order chi connectivity index (χ0) is 11.4. The van der Waals surface area contributed by atoms with E-state index < -0.39 is 0 Å². The minimum Gasteiger partial charge on any atom is -0.356 e. The van der Waals surface area contributed by atoms with Crippen LogP contribution in [-0.2, 0) is 0 Å². The molecule has 2 N–H and O–H groups in total. The van der Waals surface area contributed by atoms with Gasteiger partial charge in [0.05, 0.1) is 0 Å². The van der Waals surface area contributed by atoms with Gasteiger partial charge in [0.2, 0.25) is 0 Å². The van der Waals surface area contributed by atoms with E-state index in [1.165, 1.54) is 17.9 Å². The van der Waals surface area contributed by atoms with Gasteiger partial charge >= 0.3 is 0 Å². The molecule has 1 atom stereocenters. The second-order valence-corrected chi connectivity index (χ2v) is 5.89. The van der Waals surface area contributed by atoms with Crippen molar-refractivity contribution in [2.45, 2.75) is 18.4 Å². The number of nitrogens with one attached hydrogen (secondary N) is 2. The molecule has 4 nitrogen and oxygen atoms in total. The molecule has 92 valence electrons. The summed E-state index contributed by atoms with van der Waals surface area (Å²) in [6.45, 7) is 3.01. The maximum Gasteiger partial charge on any atom is 0.191 e. The Morgan fingerprint density at radius 3 is 3.00 bits per heavy atom. The van der Waals surface area contributed by atoms with Crippen molar-refractivity contribution in [3.8, 4) is 0 Å². The predicted octanol–water partition coefficient (Wildman–Crippen LogP) is 0.363. The van der Waals surface area contributed by atoms with Gasteiger partial charge in [-0.25, -0.2) is 0 Å². The number of aliphatic imine (C=N–C) groups is 1. The number of thioether (sulfide) groups is 1. The van der Waals surface area contributed by atoms with E-state index in [0.717, 1.165) is 32.0 Å². The number of rotatable bonds is 3. The maximum atomic E-state index is 4.45. The molecular formula is C11H22N4S. The second-order valence-electron chi connectivity index (χ2n) is 4.79. The van der Waals surface area contributed by atoms with Gasteiger partial charge in [-0.15, -0.1) is 0 Å². The van der Waals surface area contributed by atoms with Crippen molar-refractivity contribution < 1.29 is 0 Å². The Bertz CT molecular complexity index is 259. The lowest BCUT2D eigenvalue weighted by Gasteiger charge is -2.36. The SMILES string of the molecule is CN(C)C1(CNC2=NCCCN2)CCSC1. The summed E-state index contributed by atoms with van der Waals surface area (Å²) in [5.41, 5.74) is 0.312. The van der Waals surface area contributed by atoms with Crippen molar-refractivity contribution in [1.82, 2.24) is 15.5 Å². The van der Waals surface area contributed by atoms with Crippen molar-refractivity contribution in [2.24, 2.45) is 4.99 Å². The Balaban J connectivity index is 1.89. The first kappa shape index (κ1) is 12.0. The van der Waals surface area contributed by atoms with Gasteiger partial charge < -0.3 is 15.5 Å². The molecule has 0 amide bonds. The first-order valence-corrected chi connectivity index (χ1v) is 7.16. The fourth-order valence-corrected chi connectivity index (χ4v) is 3.70. The molecule has 0 bridgehead atoms. The van der Waals surface area contributed by atoms with Crippen LogP contribution < -0.4 is 10.6 Å². The smallest absolute Gasteiger partial charge is 0.191 e. The van der Waals surface area contributed by atoms with Crippen molar-refractivity contribution in [3.05, 3.63) is 0 Å². The Morgan fingerprint density at radius 1 is 1.56 bits per heavy atom. The average molecular weight is 242 g/mol. The maximum absolute atomic E-state index is 4.45. The van der Waals surface area contributed by atoms with Gasteiger partial charge in [0.1, 0.15) is 0 Å². The topological polar surface area (TPSA) is 39.7 Å². The summed E-state index contributed by atoms with van der Waals surface area (Å²) in [5, 5.41) is 6.78. The molecule has 5 heteroatoms. The van der Waals surface area contributed by atoms with Crippen LogP contribution in [-0.4, -0.2) is 61.6 Å². The van der Waals surface area contributed by atoms with E-state index in [2.05, 4.69) is 46.4 Å². The summed E-state index contributed by atoms with van der Waals surface area (Å²) in [6.07, 6.45) is 2.42. The minimum atomic E-state index is 0.312.